The minimum atomic E-state index is -0.0712. The Morgan fingerprint density at radius 1 is 1.31 bits per heavy atom. The highest BCUT2D eigenvalue weighted by Crippen LogP contribution is 2.28. The van der Waals surface area contributed by atoms with Crippen LogP contribution in [0, 0.1) is 0 Å². The lowest BCUT2D eigenvalue weighted by Crippen LogP contribution is -2.49. The number of carbonyl (C=O) groups is 1. The summed E-state index contributed by atoms with van der Waals surface area (Å²) < 4.78 is 4.13. The fourth-order valence-corrected chi connectivity index (χ4v) is 4.16. The van der Waals surface area contributed by atoms with Crippen LogP contribution in [0.4, 0.5) is 0 Å². The minimum absolute atomic E-state index is 0.0712. The Morgan fingerprint density at radius 2 is 2.15 bits per heavy atom. The van der Waals surface area contributed by atoms with Crippen molar-refractivity contribution in [3.63, 3.8) is 0 Å². The molecule has 0 saturated carbocycles. The standard InChI is InChI=1S/C19H28N6O/c1-12(2)25-17(8-9-20-25)19-15(6-7-18(26)22-19)21-13(3)16-11-14-5-4-10-24(14)23-16/h8-9,11-13,15,19,21H,4-7,10H2,1-3H3,(H,22,26)/t13?,15-,19-/m1/s1. The van der Waals surface area contributed by atoms with Crippen molar-refractivity contribution in [2.45, 2.75) is 77.2 Å². The first-order chi connectivity index (χ1) is 12.5. The van der Waals surface area contributed by atoms with Crippen LogP contribution in [0.15, 0.2) is 18.3 Å². The predicted molar refractivity (Wildman–Crippen MR) is 98.6 cm³/mol. The smallest absolute Gasteiger partial charge is 0.220 e. The zero-order valence-corrected chi connectivity index (χ0v) is 15.8. The van der Waals surface area contributed by atoms with Gasteiger partial charge in [-0.1, -0.05) is 0 Å². The van der Waals surface area contributed by atoms with Gasteiger partial charge in [0.1, 0.15) is 0 Å². The van der Waals surface area contributed by atoms with Gasteiger partial charge in [0.25, 0.3) is 0 Å². The quantitative estimate of drug-likeness (QED) is 0.862. The number of aryl methyl sites for hydroxylation is 2. The number of fused-ring (bicyclic) bond motifs is 1. The van der Waals surface area contributed by atoms with Gasteiger partial charge in [-0.3, -0.25) is 14.2 Å². The highest BCUT2D eigenvalue weighted by Gasteiger charge is 2.33. The Balaban J connectivity index is 1.54. The number of aromatic nitrogens is 4. The second-order valence-electron chi connectivity index (χ2n) is 7.76. The highest BCUT2D eigenvalue weighted by molar-refractivity contribution is 5.77. The SMILES string of the molecule is CC(N[C@@H]1CCC(=O)N[C@H]1c1ccnn1C(C)C)c1cc2n(n1)CCC2. The summed E-state index contributed by atoms with van der Waals surface area (Å²) in [5.74, 6) is 0.109. The van der Waals surface area contributed by atoms with Crippen LogP contribution >= 0.6 is 0 Å². The average Bonchev–Trinajstić information content (AvgIpc) is 3.31. The van der Waals surface area contributed by atoms with Gasteiger partial charge in [0.05, 0.1) is 17.4 Å². The summed E-state index contributed by atoms with van der Waals surface area (Å²) in [6.07, 6.45) is 5.50. The molecule has 4 rings (SSSR count). The van der Waals surface area contributed by atoms with E-state index >= 15 is 0 Å². The Labute approximate surface area is 154 Å². The normalized spacial score (nSPS) is 23.9. The maximum absolute atomic E-state index is 12.1. The van der Waals surface area contributed by atoms with Crippen molar-refractivity contribution in [2.24, 2.45) is 0 Å². The Morgan fingerprint density at radius 3 is 2.92 bits per heavy atom. The molecule has 2 aromatic rings. The summed E-state index contributed by atoms with van der Waals surface area (Å²) in [6, 6.07) is 4.73. The molecule has 2 aliphatic rings. The molecule has 2 N–H and O–H groups in total. The first-order valence-electron chi connectivity index (χ1n) is 9.68. The van der Waals surface area contributed by atoms with E-state index in [0.717, 1.165) is 30.8 Å². The molecular weight excluding hydrogens is 328 g/mol. The predicted octanol–water partition coefficient (Wildman–Crippen LogP) is 2.28. The molecule has 0 aromatic carbocycles. The van der Waals surface area contributed by atoms with Crippen LogP contribution in [0.2, 0.25) is 0 Å². The van der Waals surface area contributed by atoms with Crippen molar-refractivity contribution in [1.82, 2.24) is 30.2 Å². The van der Waals surface area contributed by atoms with Crippen LogP contribution < -0.4 is 10.6 Å². The summed E-state index contributed by atoms with van der Waals surface area (Å²) in [7, 11) is 0. The van der Waals surface area contributed by atoms with Gasteiger partial charge >= 0.3 is 0 Å². The van der Waals surface area contributed by atoms with Crippen LogP contribution in [0.5, 0.6) is 0 Å². The van der Waals surface area contributed by atoms with E-state index in [1.54, 1.807) is 0 Å². The van der Waals surface area contributed by atoms with Crippen LogP contribution in [-0.2, 0) is 17.8 Å². The number of hydrogen-bond acceptors (Lipinski definition) is 4. The fraction of sp³-hybridized carbons (Fsp3) is 0.632. The second-order valence-corrected chi connectivity index (χ2v) is 7.76. The van der Waals surface area contributed by atoms with E-state index in [4.69, 9.17) is 5.10 Å². The topological polar surface area (TPSA) is 76.8 Å². The van der Waals surface area contributed by atoms with Gasteiger partial charge in [0.15, 0.2) is 0 Å². The minimum Gasteiger partial charge on any atom is -0.346 e. The van der Waals surface area contributed by atoms with E-state index in [1.807, 2.05) is 16.9 Å². The average molecular weight is 356 g/mol. The molecular formula is C19H28N6O. The molecule has 140 valence electrons. The summed E-state index contributed by atoms with van der Waals surface area (Å²) in [4.78, 5) is 12.1. The molecule has 2 aromatic heterocycles. The third kappa shape index (κ3) is 3.16. The lowest BCUT2D eigenvalue weighted by Gasteiger charge is -2.35. The molecule has 1 saturated heterocycles. The van der Waals surface area contributed by atoms with E-state index in [9.17, 15) is 4.79 Å². The third-order valence-electron chi connectivity index (χ3n) is 5.50. The van der Waals surface area contributed by atoms with Gasteiger partial charge in [-0.15, -0.1) is 0 Å². The number of rotatable bonds is 5. The molecule has 3 atom stereocenters. The highest BCUT2D eigenvalue weighted by atomic mass is 16.1. The van der Waals surface area contributed by atoms with Crippen molar-refractivity contribution in [3.8, 4) is 0 Å². The van der Waals surface area contributed by atoms with Crippen molar-refractivity contribution in [1.29, 1.82) is 0 Å². The van der Waals surface area contributed by atoms with Gasteiger partial charge in [0.2, 0.25) is 5.91 Å². The molecule has 7 nitrogen and oxygen atoms in total. The molecule has 0 bridgehead atoms. The molecule has 1 fully saturated rings. The lowest BCUT2D eigenvalue weighted by molar-refractivity contribution is -0.124. The monoisotopic (exact) mass is 356 g/mol. The maximum Gasteiger partial charge on any atom is 0.220 e. The molecule has 2 aliphatic heterocycles. The molecule has 0 aliphatic carbocycles. The number of piperidine rings is 1. The van der Waals surface area contributed by atoms with Crippen molar-refractivity contribution < 1.29 is 4.79 Å². The molecule has 0 radical (unpaired) electrons. The van der Waals surface area contributed by atoms with Crippen LogP contribution in [-0.4, -0.2) is 31.5 Å². The van der Waals surface area contributed by atoms with Crippen molar-refractivity contribution in [3.05, 3.63) is 35.4 Å². The molecule has 1 unspecified atom stereocenters. The van der Waals surface area contributed by atoms with Crippen molar-refractivity contribution >= 4 is 5.91 Å². The third-order valence-corrected chi connectivity index (χ3v) is 5.50. The summed E-state index contributed by atoms with van der Waals surface area (Å²) in [6.45, 7) is 7.40. The van der Waals surface area contributed by atoms with Gasteiger partial charge in [-0.05, 0) is 52.2 Å². The molecule has 1 amide bonds. The summed E-state index contributed by atoms with van der Waals surface area (Å²) in [5.41, 5.74) is 3.48. The van der Waals surface area contributed by atoms with Gasteiger partial charge in [-0.25, -0.2) is 0 Å². The molecule has 0 spiro atoms. The van der Waals surface area contributed by atoms with E-state index in [-0.39, 0.29) is 30.1 Å². The first kappa shape index (κ1) is 17.3. The Bertz CT molecular complexity index is 770. The lowest BCUT2D eigenvalue weighted by atomic mass is 9.94. The van der Waals surface area contributed by atoms with E-state index < -0.39 is 0 Å². The molecule has 4 heterocycles. The van der Waals surface area contributed by atoms with Crippen LogP contribution in [0.25, 0.3) is 0 Å². The largest absolute Gasteiger partial charge is 0.346 e. The molecule has 7 heteroatoms. The zero-order chi connectivity index (χ0) is 18.3. The Kier molecular flexibility index (Phi) is 4.56. The maximum atomic E-state index is 12.1. The summed E-state index contributed by atoms with van der Waals surface area (Å²) in [5, 5.41) is 16.1. The molecule has 26 heavy (non-hydrogen) atoms. The number of amides is 1. The van der Waals surface area contributed by atoms with E-state index in [2.05, 4.69) is 47.3 Å². The van der Waals surface area contributed by atoms with Gasteiger partial charge in [-0.2, -0.15) is 10.2 Å². The van der Waals surface area contributed by atoms with E-state index in [0.29, 0.717) is 6.42 Å². The van der Waals surface area contributed by atoms with Crippen LogP contribution in [0.1, 0.15) is 75.2 Å². The number of nitrogens with zero attached hydrogens (tertiary/aromatic N) is 4. The Hall–Kier alpha value is -2.15. The number of hydrogen-bond donors (Lipinski definition) is 2. The second kappa shape index (κ2) is 6.87. The van der Waals surface area contributed by atoms with Crippen LogP contribution in [0.3, 0.4) is 0 Å². The fourth-order valence-electron chi connectivity index (χ4n) is 4.16. The van der Waals surface area contributed by atoms with Gasteiger partial charge < -0.3 is 10.6 Å². The van der Waals surface area contributed by atoms with Crippen molar-refractivity contribution in [2.75, 3.05) is 0 Å². The first-order valence-corrected chi connectivity index (χ1v) is 9.68. The zero-order valence-electron chi connectivity index (χ0n) is 15.8. The van der Waals surface area contributed by atoms with E-state index in [1.165, 1.54) is 12.1 Å². The number of nitrogens with one attached hydrogen (secondary N) is 2. The number of carbonyl (C=O) groups excluding carboxylic acids is 1. The van der Waals surface area contributed by atoms with Gasteiger partial charge in [0, 0.05) is 43.0 Å². The summed E-state index contributed by atoms with van der Waals surface area (Å²) >= 11 is 0.